The molecular formula is C26H27Cl2N7O2. The van der Waals surface area contributed by atoms with E-state index in [2.05, 4.69) is 25.1 Å². The summed E-state index contributed by atoms with van der Waals surface area (Å²) < 4.78 is 6.18. The Morgan fingerprint density at radius 2 is 2.00 bits per heavy atom. The molecule has 2 N–H and O–H groups in total. The number of hydrogen-bond donors (Lipinski definition) is 2. The van der Waals surface area contributed by atoms with Crippen LogP contribution in [0.15, 0.2) is 30.6 Å². The molecule has 2 atom stereocenters. The summed E-state index contributed by atoms with van der Waals surface area (Å²) in [7, 11) is 2.04. The number of aromatic nitrogens is 5. The van der Waals surface area contributed by atoms with E-state index in [1.165, 1.54) is 0 Å². The third kappa shape index (κ3) is 4.45. The molecule has 6 rings (SSSR count). The number of benzene rings is 1. The highest BCUT2D eigenvalue weighted by atomic mass is 35.5. The highest BCUT2D eigenvalue weighted by Crippen LogP contribution is 2.35. The zero-order valence-electron chi connectivity index (χ0n) is 20.6. The molecule has 5 heterocycles. The Morgan fingerprint density at radius 3 is 2.76 bits per heavy atom. The number of likely N-dealkylation sites (N-methyl/N-ethyl adjacent to an activating group) is 1. The van der Waals surface area contributed by atoms with Crippen molar-refractivity contribution in [2.75, 3.05) is 13.6 Å². The number of hydrogen-bond acceptors (Lipinski definition) is 6. The summed E-state index contributed by atoms with van der Waals surface area (Å²) in [6, 6.07) is 5.68. The lowest BCUT2D eigenvalue weighted by atomic mass is 10.0. The van der Waals surface area contributed by atoms with E-state index in [4.69, 9.17) is 32.9 Å². The molecule has 0 unspecified atom stereocenters. The molecule has 3 aromatic heterocycles. The van der Waals surface area contributed by atoms with Gasteiger partial charge in [-0.25, -0.2) is 4.98 Å². The molecule has 1 amide bonds. The number of fused-ring (bicyclic) bond motifs is 2. The summed E-state index contributed by atoms with van der Waals surface area (Å²) >= 11 is 12.6. The SMILES string of the molecule is C[C@@H](Oc1ccc2[nH]nc(-c3nc4c([nH]3)CN(C(=O)[C@@H]3CCCCN3C)C4)c2c1)c1c(Cl)cncc1Cl. The molecule has 2 aliphatic rings. The average molecular weight is 540 g/mol. The van der Waals surface area contributed by atoms with E-state index in [0.29, 0.717) is 46.0 Å². The first kappa shape index (κ1) is 24.2. The van der Waals surface area contributed by atoms with Crippen molar-refractivity contribution in [3.8, 4) is 17.3 Å². The number of H-pyrrole nitrogens is 2. The highest BCUT2D eigenvalue weighted by Gasteiger charge is 2.34. The number of aromatic amines is 2. The predicted molar refractivity (Wildman–Crippen MR) is 141 cm³/mol. The Kier molecular flexibility index (Phi) is 6.30. The molecule has 0 aliphatic carbocycles. The largest absolute Gasteiger partial charge is 0.486 e. The summed E-state index contributed by atoms with van der Waals surface area (Å²) in [6.07, 6.45) is 5.90. The molecule has 0 saturated carbocycles. The summed E-state index contributed by atoms with van der Waals surface area (Å²) in [5.41, 5.74) is 4.10. The average Bonchev–Trinajstić information content (AvgIpc) is 3.56. The lowest BCUT2D eigenvalue weighted by Gasteiger charge is -2.33. The quantitative estimate of drug-likeness (QED) is 0.364. The summed E-state index contributed by atoms with van der Waals surface area (Å²) in [5, 5.41) is 9.37. The van der Waals surface area contributed by atoms with Gasteiger partial charge >= 0.3 is 0 Å². The topological polar surface area (TPSA) is 103 Å². The van der Waals surface area contributed by atoms with Gasteiger partial charge in [-0.15, -0.1) is 0 Å². The lowest BCUT2D eigenvalue weighted by molar-refractivity contribution is -0.138. The minimum Gasteiger partial charge on any atom is -0.486 e. The zero-order chi connectivity index (χ0) is 25.7. The Balaban J connectivity index is 1.22. The van der Waals surface area contributed by atoms with Crippen LogP contribution in [0.2, 0.25) is 10.0 Å². The second-order valence-electron chi connectivity index (χ2n) is 9.75. The normalized spacial score (nSPS) is 18.8. The molecule has 1 saturated heterocycles. The van der Waals surface area contributed by atoms with E-state index in [1.807, 2.05) is 37.1 Å². The Bertz CT molecular complexity index is 1440. The molecule has 1 aromatic carbocycles. The van der Waals surface area contributed by atoms with Crippen molar-refractivity contribution < 1.29 is 9.53 Å². The molecular weight excluding hydrogens is 513 g/mol. The first-order valence-electron chi connectivity index (χ1n) is 12.4. The van der Waals surface area contributed by atoms with Gasteiger partial charge in [-0.05, 0) is 51.6 Å². The van der Waals surface area contributed by atoms with Crippen molar-refractivity contribution in [3.05, 3.63) is 57.6 Å². The van der Waals surface area contributed by atoms with Gasteiger partial charge in [0, 0.05) is 23.3 Å². The van der Waals surface area contributed by atoms with Gasteiger partial charge in [-0.3, -0.25) is 19.8 Å². The Labute approximate surface area is 224 Å². The number of likely N-dealkylation sites (tertiary alicyclic amines) is 1. The summed E-state index contributed by atoms with van der Waals surface area (Å²) in [5.74, 6) is 1.51. The van der Waals surface area contributed by atoms with Gasteiger partial charge in [0.2, 0.25) is 5.91 Å². The van der Waals surface area contributed by atoms with Crippen LogP contribution in [0.4, 0.5) is 0 Å². The second kappa shape index (κ2) is 9.63. The molecule has 4 aromatic rings. The smallest absolute Gasteiger partial charge is 0.240 e. The van der Waals surface area contributed by atoms with Crippen molar-refractivity contribution in [2.45, 2.75) is 51.4 Å². The fraction of sp³-hybridized carbons (Fsp3) is 0.385. The van der Waals surface area contributed by atoms with E-state index < -0.39 is 0 Å². The second-order valence-corrected chi connectivity index (χ2v) is 10.6. The Hall–Kier alpha value is -3.14. The first-order chi connectivity index (χ1) is 17.9. The van der Waals surface area contributed by atoms with Crippen LogP contribution in [-0.4, -0.2) is 60.5 Å². The molecule has 37 heavy (non-hydrogen) atoms. The molecule has 192 valence electrons. The number of imidazole rings is 1. The van der Waals surface area contributed by atoms with Crippen molar-refractivity contribution >= 4 is 40.0 Å². The maximum absolute atomic E-state index is 13.1. The molecule has 1 fully saturated rings. The third-order valence-electron chi connectivity index (χ3n) is 7.29. The first-order valence-corrected chi connectivity index (χ1v) is 13.2. The van der Waals surface area contributed by atoms with Gasteiger partial charge in [-0.1, -0.05) is 29.6 Å². The summed E-state index contributed by atoms with van der Waals surface area (Å²) in [6.45, 7) is 3.91. The predicted octanol–water partition coefficient (Wildman–Crippen LogP) is 5.12. The third-order valence-corrected chi connectivity index (χ3v) is 7.89. The number of carbonyl (C=O) groups is 1. The number of carbonyl (C=O) groups excluding carboxylic acids is 1. The van der Waals surface area contributed by atoms with Crippen molar-refractivity contribution in [2.24, 2.45) is 0 Å². The van der Waals surface area contributed by atoms with E-state index in [-0.39, 0.29) is 18.1 Å². The van der Waals surface area contributed by atoms with E-state index in [1.54, 1.807) is 12.4 Å². The lowest BCUT2D eigenvalue weighted by Crippen LogP contribution is -2.47. The monoisotopic (exact) mass is 539 g/mol. The number of halogens is 2. The van der Waals surface area contributed by atoms with E-state index in [9.17, 15) is 4.79 Å². The molecule has 9 nitrogen and oxygen atoms in total. The molecule has 0 bridgehead atoms. The maximum Gasteiger partial charge on any atom is 0.240 e. The maximum atomic E-state index is 13.1. The van der Waals surface area contributed by atoms with Crippen LogP contribution >= 0.6 is 23.2 Å². The number of nitrogens with one attached hydrogen (secondary N) is 2. The van der Waals surface area contributed by atoms with Gasteiger partial charge in [-0.2, -0.15) is 5.10 Å². The number of piperidine rings is 1. The molecule has 0 spiro atoms. The van der Waals surface area contributed by atoms with Crippen LogP contribution in [0.1, 0.15) is 49.2 Å². The van der Waals surface area contributed by atoms with Gasteiger partial charge in [0.1, 0.15) is 17.5 Å². The number of nitrogens with zero attached hydrogens (tertiary/aromatic N) is 5. The number of amides is 1. The minimum absolute atomic E-state index is 0.0368. The van der Waals surface area contributed by atoms with Gasteiger partial charge < -0.3 is 14.6 Å². The van der Waals surface area contributed by atoms with Gasteiger partial charge in [0.05, 0.1) is 46.1 Å². The van der Waals surface area contributed by atoms with Crippen molar-refractivity contribution in [1.29, 1.82) is 0 Å². The van der Waals surface area contributed by atoms with Crippen LogP contribution in [0, 0.1) is 0 Å². The molecule has 11 heteroatoms. The minimum atomic E-state index is -0.380. The number of ether oxygens (including phenoxy) is 1. The molecule has 2 aliphatic heterocycles. The van der Waals surface area contributed by atoms with Crippen LogP contribution in [0.3, 0.4) is 0 Å². The fourth-order valence-corrected chi connectivity index (χ4v) is 5.99. The number of pyridine rings is 1. The van der Waals surface area contributed by atoms with Crippen LogP contribution in [0.5, 0.6) is 5.75 Å². The van der Waals surface area contributed by atoms with E-state index >= 15 is 0 Å². The van der Waals surface area contributed by atoms with Crippen LogP contribution in [-0.2, 0) is 17.9 Å². The van der Waals surface area contributed by atoms with Gasteiger partial charge in [0.15, 0.2) is 5.82 Å². The molecule has 0 radical (unpaired) electrons. The Morgan fingerprint density at radius 1 is 1.19 bits per heavy atom. The van der Waals surface area contributed by atoms with Crippen molar-refractivity contribution in [3.63, 3.8) is 0 Å². The fourth-order valence-electron chi connectivity index (χ4n) is 5.32. The van der Waals surface area contributed by atoms with Gasteiger partial charge in [0.25, 0.3) is 0 Å². The van der Waals surface area contributed by atoms with Crippen LogP contribution in [0.25, 0.3) is 22.4 Å². The number of rotatable bonds is 5. The zero-order valence-corrected chi connectivity index (χ0v) is 22.1. The summed E-state index contributed by atoms with van der Waals surface area (Å²) in [4.78, 5) is 29.4. The van der Waals surface area contributed by atoms with E-state index in [0.717, 1.165) is 48.1 Å². The standard InChI is InChI=1S/C26H27Cl2N7O2/c1-14(23-17(27)10-29-11-18(23)28)37-15-6-7-19-16(9-15)24(33-32-19)25-30-20-12-35(13-21(20)31-25)26(36)22-5-3-4-8-34(22)2/h6-7,9-11,14,22H,3-5,8,12-13H2,1-2H3,(H,30,31)(H,32,33)/t14-,22+/m1/s1. The van der Waals surface area contributed by atoms with Crippen LogP contribution < -0.4 is 4.74 Å². The highest BCUT2D eigenvalue weighted by molar-refractivity contribution is 6.35. The van der Waals surface area contributed by atoms with Crippen molar-refractivity contribution in [1.82, 2.24) is 34.9 Å².